The van der Waals surface area contributed by atoms with Gasteiger partial charge in [0, 0.05) is 13.2 Å². The summed E-state index contributed by atoms with van der Waals surface area (Å²) < 4.78 is 0. The number of hydrogen-bond donors (Lipinski definition) is 2. The molecular weight excluding hydrogens is 128 g/mol. The number of hydrogen-bond acceptors (Lipinski definition) is 2. The lowest BCUT2D eigenvalue weighted by Crippen LogP contribution is -1.91. The molecule has 0 aromatic rings. The van der Waals surface area contributed by atoms with Crippen molar-refractivity contribution in [3.8, 4) is 0 Å². The van der Waals surface area contributed by atoms with E-state index >= 15 is 0 Å². The van der Waals surface area contributed by atoms with Crippen LogP contribution in [-0.2, 0) is 0 Å². The highest BCUT2D eigenvalue weighted by molar-refractivity contribution is 5.09. The molecule has 10 heavy (non-hydrogen) atoms. The van der Waals surface area contributed by atoms with E-state index in [1.165, 1.54) is 11.1 Å². The molecule has 0 unspecified atom stereocenters. The summed E-state index contributed by atoms with van der Waals surface area (Å²) in [5.41, 5.74) is 2.38. The van der Waals surface area contributed by atoms with Gasteiger partial charge in [0.25, 0.3) is 0 Å². The van der Waals surface area contributed by atoms with E-state index in [0.717, 1.165) is 12.8 Å². The molecule has 0 heterocycles. The summed E-state index contributed by atoms with van der Waals surface area (Å²) in [6, 6.07) is 0. The molecule has 60 valence electrons. The van der Waals surface area contributed by atoms with Gasteiger partial charge in [0.1, 0.15) is 0 Å². The predicted molar refractivity (Wildman–Crippen MR) is 41.8 cm³/mol. The van der Waals surface area contributed by atoms with Crippen molar-refractivity contribution < 1.29 is 10.2 Å². The Morgan fingerprint density at radius 1 is 0.900 bits per heavy atom. The number of aliphatic hydroxyl groups excluding tert-OH is 2. The molecule has 0 atom stereocenters. The molecule has 0 amide bonds. The summed E-state index contributed by atoms with van der Waals surface area (Å²) in [7, 11) is 0. The van der Waals surface area contributed by atoms with E-state index in [4.69, 9.17) is 10.2 Å². The number of rotatable bonds is 4. The van der Waals surface area contributed by atoms with Crippen molar-refractivity contribution in [2.24, 2.45) is 0 Å². The van der Waals surface area contributed by atoms with Crippen molar-refractivity contribution in [1.29, 1.82) is 0 Å². The fraction of sp³-hybridized carbons (Fsp3) is 0.750. The lowest BCUT2D eigenvalue weighted by molar-refractivity contribution is 0.292. The molecule has 0 bridgehead atoms. The zero-order chi connectivity index (χ0) is 7.98. The standard InChI is InChI=1S/C8H16O2/c1-7(3-5-9)8(2)4-6-10/h9-10H,3-6H2,1-2H3/b8-7+. The average Bonchev–Trinajstić information content (AvgIpc) is 1.89. The van der Waals surface area contributed by atoms with Gasteiger partial charge in [-0.25, -0.2) is 0 Å². The molecule has 0 saturated heterocycles. The Balaban J connectivity index is 3.79. The molecule has 0 spiro atoms. The molecule has 2 heteroatoms. The van der Waals surface area contributed by atoms with Crippen LogP contribution in [0.2, 0.25) is 0 Å². The second-order valence-electron chi connectivity index (χ2n) is 2.51. The fourth-order valence-corrected chi connectivity index (χ4v) is 0.762. The summed E-state index contributed by atoms with van der Waals surface area (Å²) in [5.74, 6) is 0. The van der Waals surface area contributed by atoms with Crippen LogP contribution in [0.15, 0.2) is 11.1 Å². The van der Waals surface area contributed by atoms with E-state index in [0.29, 0.717) is 0 Å². The second kappa shape index (κ2) is 5.45. The van der Waals surface area contributed by atoms with Gasteiger partial charge in [-0.05, 0) is 26.7 Å². The highest BCUT2D eigenvalue weighted by Gasteiger charge is 1.94. The lowest BCUT2D eigenvalue weighted by atomic mass is 10.1. The molecule has 0 radical (unpaired) electrons. The fourth-order valence-electron chi connectivity index (χ4n) is 0.762. The van der Waals surface area contributed by atoms with Crippen molar-refractivity contribution in [3.63, 3.8) is 0 Å². The molecule has 0 rings (SSSR count). The van der Waals surface area contributed by atoms with Gasteiger partial charge in [0.05, 0.1) is 0 Å². The molecule has 0 aliphatic rings. The molecule has 0 aliphatic carbocycles. The third kappa shape index (κ3) is 3.64. The van der Waals surface area contributed by atoms with Crippen LogP contribution in [0, 0.1) is 0 Å². The molecule has 0 aliphatic heterocycles. The normalized spacial score (nSPS) is 13.2. The first-order valence-corrected chi connectivity index (χ1v) is 3.59. The molecule has 2 N–H and O–H groups in total. The summed E-state index contributed by atoms with van der Waals surface area (Å²) in [6.07, 6.45) is 1.46. The Bertz CT molecular complexity index is 102. The first-order chi connectivity index (χ1) is 4.72. The minimum absolute atomic E-state index is 0.203. The zero-order valence-electron chi connectivity index (χ0n) is 6.72. The monoisotopic (exact) mass is 144 g/mol. The average molecular weight is 144 g/mol. The van der Waals surface area contributed by atoms with Crippen molar-refractivity contribution in [1.82, 2.24) is 0 Å². The molecule has 0 saturated carbocycles. The molecule has 0 fully saturated rings. The predicted octanol–water partition coefficient (Wildman–Crippen LogP) is 1.09. The Morgan fingerprint density at radius 2 is 1.20 bits per heavy atom. The van der Waals surface area contributed by atoms with Gasteiger partial charge in [-0.1, -0.05) is 11.1 Å². The van der Waals surface area contributed by atoms with Crippen molar-refractivity contribution in [2.45, 2.75) is 26.7 Å². The lowest BCUT2D eigenvalue weighted by Gasteiger charge is -2.03. The second-order valence-corrected chi connectivity index (χ2v) is 2.51. The Morgan fingerprint density at radius 3 is 1.40 bits per heavy atom. The summed E-state index contributed by atoms with van der Waals surface area (Å²) in [6.45, 7) is 4.38. The Kier molecular flexibility index (Phi) is 5.26. The van der Waals surface area contributed by atoms with E-state index in [-0.39, 0.29) is 13.2 Å². The summed E-state index contributed by atoms with van der Waals surface area (Å²) >= 11 is 0. The van der Waals surface area contributed by atoms with E-state index in [9.17, 15) is 0 Å². The first-order valence-electron chi connectivity index (χ1n) is 3.59. The highest BCUT2D eigenvalue weighted by atomic mass is 16.3. The Labute approximate surface area is 62.2 Å². The van der Waals surface area contributed by atoms with Gasteiger partial charge in [-0.15, -0.1) is 0 Å². The van der Waals surface area contributed by atoms with Crippen molar-refractivity contribution >= 4 is 0 Å². The van der Waals surface area contributed by atoms with Gasteiger partial charge in [-0.2, -0.15) is 0 Å². The maximum absolute atomic E-state index is 8.56. The van der Waals surface area contributed by atoms with Crippen LogP contribution in [-0.4, -0.2) is 23.4 Å². The summed E-state index contributed by atoms with van der Waals surface area (Å²) in [5, 5.41) is 17.1. The van der Waals surface area contributed by atoms with Crippen LogP contribution >= 0.6 is 0 Å². The maximum Gasteiger partial charge on any atom is 0.0468 e. The zero-order valence-corrected chi connectivity index (χ0v) is 6.72. The van der Waals surface area contributed by atoms with Crippen LogP contribution in [0.1, 0.15) is 26.7 Å². The Hall–Kier alpha value is -0.340. The van der Waals surface area contributed by atoms with Gasteiger partial charge in [0.2, 0.25) is 0 Å². The molecule has 0 aromatic heterocycles. The van der Waals surface area contributed by atoms with E-state index in [1.54, 1.807) is 0 Å². The van der Waals surface area contributed by atoms with Crippen molar-refractivity contribution in [2.75, 3.05) is 13.2 Å². The van der Waals surface area contributed by atoms with Crippen LogP contribution in [0.25, 0.3) is 0 Å². The topological polar surface area (TPSA) is 40.5 Å². The van der Waals surface area contributed by atoms with E-state index in [1.807, 2.05) is 13.8 Å². The van der Waals surface area contributed by atoms with Crippen LogP contribution in [0.3, 0.4) is 0 Å². The minimum atomic E-state index is 0.203. The van der Waals surface area contributed by atoms with Gasteiger partial charge < -0.3 is 10.2 Å². The van der Waals surface area contributed by atoms with Gasteiger partial charge in [-0.3, -0.25) is 0 Å². The van der Waals surface area contributed by atoms with Crippen LogP contribution < -0.4 is 0 Å². The van der Waals surface area contributed by atoms with Gasteiger partial charge >= 0.3 is 0 Å². The van der Waals surface area contributed by atoms with E-state index < -0.39 is 0 Å². The molecule has 2 nitrogen and oxygen atoms in total. The maximum atomic E-state index is 8.56. The van der Waals surface area contributed by atoms with Gasteiger partial charge in [0.15, 0.2) is 0 Å². The van der Waals surface area contributed by atoms with Crippen molar-refractivity contribution in [3.05, 3.63) is 11.1 Å². The minimum Gasteiger partial charge on any atom is -0.396 e. The number of aliphatic hydroxyl groups is 2. The SMILES string of the molecule is C/C(CCO)=C(/C)CCO. The highest BCUT2D eigenvalue weighted by Crippen LogP contribution is 2.09. The largest absolute Gasteiger partial charge is 0.396 e. The third-order valence-corrected chi connectivity index (χ3v) is 1.70. The third-order valence-electron chi connectivity index (χ3n) is 1.70. The van der Waals surface area contributed by atoms with Crippen LogP contribution in [0.4, 0.5) is 0 Å². The van der Waals surface area contributed by atoms with E-state index in [2.05, 4.69) is 0 Å². The van der Waals surface area contributed by atoms with Crippen LogP contribution in [0.5, 0.6) is 0 Å². The molecule has 0 aromatic carbocycles. The quantitative estimate of drug-likeness (QED) is 0.580. The smallest absolute Gasteiger partial charge is 0.0468 e. The first kappa shape index (κ1) is 9.66. The summed E-state index contributed by atoms with van der Waals surface area (Å²) in [4.78, 5) is 0. The molecular formula is C8H16O2.